The van der Waals surface area contributed by atoms with Crippen LogP contribution in [0.2, 0.25) is 0 Å². The lowest BCUT2D eigenvalue weighted by Gasteiger charge is -2.06. The van der Waals surface area contributed by atoms with E-state index in [1.54, 1.807) is 0 Å². The molecule has 0 saturated heterocycles. The second-order valence-electron chi connectivity index (χ2n) is 4.21. The van der Waals surface area contributed by atoms with E-state index in [1.165, 1.54) is 16.6 Å². The summed E-state index contributed by atoms with van der Waals surface area (Å²) >= 11 is 0. The van der Waals surface area contributed by atoms with Crippen LogP contribution in [0.15, 0.2) is 36.5 Å². The van der Waals surface area contributed by atoms with E-state index in [0.29, 0.717) is 0 Å². The smallest absolute Gasteiger partial charge is 0.0925 e. The molecule has 0 atom stereocenters. The van der Waals surface area contributed by atoms with Gasteiger partial charge in [-0.1, -0.05) is 18.2 Å². The van der Waals surface area contributed by atoms with Gasteiger partial charge in [-0.15, -0.1) is 0 Å². The molecule has 4 rings (SSSR count). The van der Waals surface area contributed by atoms with Crippen LogP contribution < -0.4 is 5.32 Å². The lowest BCUT2D eigenvalue weighted by atomic mass is 10.1. The highest BCUT2D eigenvalue weighted by Gasteiger charge is 2.20. The first-order valence-corrected chi connectivity index (χ1v) is 5.51. The van der Waals surface area contributed by atoms with Crippen molar-refractivity contribution >= 4 is 10.9 Å². The molecule has 3 heteroatoms. The molecule has 0 aliphatic carbocycles. The fourth-order valence-electron chi connectivity index (χ4n) is 2.51. The molecule has 3 aliphatic heterocycles. The molecule has 3 aliphatic rings. The molecule has 0 saturated carbocycles. The fourth-order valence-corrected chi connectivity index (χ4v) is 2.51. The van der Waals surface area contributed by atoms with Crippen molar-refractivity contribution < 1.29 is 0 Å². The van der Waals surface area contributed by atoms with Gasteiger partial charge in [-0.2, -0.15) is 0 Å². The molecule has 0 spiro atoms. The van der Waals surface area contributed by atoms with Crippen molar-refractivity contribution in [1.29, 1.82) is 0 Å². The van der Waals surface area contributed by atoms with Gasteiger partial charge in [0.05, 0.1) is 23.6 Å². The van der Waals surface area contributed by atoms with Crippen LogP contribution in [0.4, 0.5) is 0 Å². The summed E-state index contributed by atoms with van der Waals surface area (Å²) in [4.78, 5) is 4.73. The number of para-hydroxylation sites is 1. The summed E-state index contributed by atoms with van der Waals surface area (Å²) in [6.45, 7) is 1.81. The van der Waals surface area contributed by atoms with Crippen LogP contribution in [0.3, 0.4) is 0 Å². The maximum atomic E-state index is 4.73. The van der Waals surface area contributed by atoms with E-state index in [2.05, 4.69) is 40.3 Å². The minimum absolute atomic E-state index is 0.897. The minimum atomic E-state index is 0.897. The largest absolute Gasteiger partial charge is 0.335 e. The first-order chi connectivity index (χ1) is 7.93. The Bertz CT molecular complexity index is 654. The summed E-state index contributed by atoms with van der Waals surface area (Å²) in [5.74, 6) is 0. The van der Waals surface area contributed by atoms with E-state index in [-0.39, 0.29) is 0 Å². The molecule has 1 N–H and O–H groups in total. The quantitative estimate of drug-likeness (QED) is 0.615. The summed E-state index contributed by atoms with van der Waals surface area (Å²) in [5, 5.41) is 4.60. The van der Waals surface area contributed by atoms with Crippen molar-refractivity contribution in [2.45, 2.75) is 13.2 Å². The number of hydrogen-bond donors (Lipinski definition) is 1. The Morgan fingerprint density at radius 3 is 3.12 bits per heavy atom. The maximum Gasteiger partial charge on any atom is 0.0925 e. The van der Waals surface area contributed by atoms with Crippen LogP contribution in [-0.4, -0.2) is 9.55 Å². The number of nitrogens with one attached hydrogen (secondary N) is 1. The second kappa shape index (κ2) is 2.83. The Kier molecular flexibility index (Phi) is 1.47. The zero-order valence-electron chi connectivity index (χ0n) is 8.77. The van der Waals surface area contributed by atoms with E-state index >= 15 is 0 Å². The normalized spacial score (nSPS) is 14.8. The first-order valence-electron chi connectivity index (χ1n) is 5.51. The van der Waals surface area contributed by atoms with Gasteiger partial charge in [-0.25, -0.2) is 4.98 Å². The average molecular weight is 209 g/mol. The molecule has 1 aromatic rings. The van der Waals surface area contributed by atoms with E-state index in [4.69, 9.17) is 4.98 Å². The SMILES string of the molecule is c1ccc2c3ccn4c(c-3nc2c1)CNC4. The van der Waals surface area contributed by atoms with Crippen LogP contribution >= 0.6 is 0 Å². The van der Waals surface area contributed by atoms with Gasteiger partial charge in [-0.3, -0.25) is 5.32 Å². The van der Waals surface area contributed by atoms with Crippen molar-refractivity contribution in [2.24, 2.45) is 0 Å². The highest BCUT2D eigenvalue weighted by molar-refractivity contribution is 5.97. The Labute approximate surface area is 93.1 Å². The molecule has 0 amide bonds. The number of fused-ring (bicyclic) bond motifs is 5. The number of benzene rings is 1. The molecule has 16 heavy (non-hydrogen) atoms. The summed E-state index contributed by atoms with van der Waals surface area (Å²) in [6.07, 6.45) is 2.14. The molecular formula is C13H11N3. The molecule has 3 nitrogen and oxygen atoms in total. The summed E-state index contributed by atoms with van der Waals surface area (Å²) in [6, 6.07) is 10.5. The van der Waals surface area contributed by atoms with E-state index in [0.717, 1.165) is 24.4 Å². The van der Waals surface area contributed by atoms with E-state index < -0.39 is 0 Å². The second-order valence-corrected chi connectivity index (χ2v) is 4.21. The number of nitrogens with zero attached hydrogens (tertiary/aromatic N) is 2. The lowest BCUT2D eigenvalue weighted by molar-refractivity contribution is 0.660. The van der Waals surface area contributed by atoms with E-state index in [1.807, 2.05) is 6.07 Å². The van der Waals surface area contributed by atoms with Crippen molar-refractivity contribution in [1.82, 2.24) is 14.9 Å². The molecule has 78 valence electrons. The number of pyridine rings is 1. The molecule has 3 heterocycles. The number of hydrogen-bond acceptors (Lipinski definition) is 2. The lowest BCUT2D eigenvalue weighted by Crippen LogP contribution is -2.03. The Hall–Kier alpha value is -1.87. The zero-order valence-corrected chi connectivity index (χ0v) is 8.77. The van der Waals surface area contributed by atoms with Crippen LogP contribution in [0, 0.1) is 0 Å². The van der Waals surface area contributed by atoms with Crippen molar-refractivity contribution in [3.63, 3.8) is 0 Å². The van der Waals surface area contributed by atoms with Gasteiger partial charge in [0.2, 0.25) is 0 Å². The topological polar surface area (TPSA) is 29.9 Å². The third kappa shape index (κ3) is 0.933. The highest BCUT2D eigenvalue weighted by Crippen LogP contribution is 2.34. The Morgan fingerprint density at radius 1 is 1.19 bits per heavy atom. The fraction of sp³-hybridized carbons (Fsp3) is 0.154. The van der Waals surface area contributed by atoms with Gasteiger partial charge in [-0.05, 0) is 12.1 Å². The van der Waals surface area contributed by atoms with Crippen LogP contribution in [0.25, 0.3) is 22.2 Å². The molecule has 0 unspecified atom stereocenters. The molecule has 0 radical (unpaired) electrons. The number of rotatable bonds is 0. The summed E-state index contributed by atoms with van der Waals surface area (Å²) in [5.41, 5.74) is 4.81. The summed E-state index contributed by atoms with van der Waals surface area (Å²) < 4.78 is 2.23. The van der Waals surface area contributed by atoms with Crippen LogP contribution in [-0.2, 0) is 13.2 Å². The van der Waals surface area contributed by atoms with Crippen molar-refractivity contribution in [2.75, 3.05) is 0 Å². The van der Waals surface area contributed by atoms with Gasteiger partial charge >= 0.3 is 0 Å². The predicted molar refractivity (Wildman–Crippen MR) is 63.2 cm³/mol. The van der Waals surface area contributed by atoms with E-state index in [9.17, 15) is 0 Å². The van der Waals surface area contributed by atoms with Gasteiger partial charge in [0.15, 0.2) is 0 Å². The van der Waals surface area contributed by atoms with Crippen molar-refractivity contribution in [3.05, 3.63) is 42.2 Å². The molecule has 0 aromatic heterocycles. The Balaban J connectivity index is 2.18. The van der Waals surface area contributed by atoms with Gasteiger partial charge in [0.1, 0.15) is 0 Å². The first kappa shape index (κ1) is 8.30. The predicted octanol–water partition coefficient (Wildman–Crippen LogP) is 2.20. The number of aromatic nitrogens is 2. The van der Waals surface area contributed by atoms with Gasteiger partial charge < -0.3 is 4.57 Å². The Morgan fingerprint density at radius 2 is 2.12 bits per heavy atom. The van der Waals surface area contributed by atoms with Gasteiger partial charge in [0, 0.05) is 23.7 Å². The summed E-state index contributed by atoms with van der Waals surface area (Å²) in [7, 11) is 0. The third-order valence-corrected chi connectivity index (χ3v) is 3.30. The van der Waals surface area contributed by atoms with Crippen molar-refractivity contribution in [3.8, 4) is 11.3 Å². The zero-order chi connectivity index (χ0) is 10.5. The monoisotopic (exact) mass is 209 g/mol. The van der Waals surface area contributed by atoms with Crippen LogP contribution in [0.5, 0.6) is 0 Å². The highest BCUT2D eigenvalue weighted by atomic mass is 15.2. The minimum Gasteiger partial charge on any atom is -0.335 e. The maximum absolute atomic E-state index is 4.73. The molecule has 1 aromatic carbocycles. The van der Waals surface area contributed by atoms with Gasteiger partial charge in [0.25, 0.3) is 0 Å². The third-order valence-electron chi connectivity index (χ3n) is 3.30. The molecule has 0 fully saturated rings. The average Bonchev–Trinajstić information content (AvgIpc) is 2.92. The molecule has 0 bridgehead atoms. The van der Waals surface area contributed by atoms with Crippen LogP contribution in [0.1, 0.15) is 5.69 Å². The standard InChI is InChI=1S/C13H11N3/c1-2-4-11-9(3-1)10-5-6-16-8-14-7-12(16)13(10)15-11/h1-6,14H,7-8H2. The molecular weight excluding hydrogens is 198 g/mol.